The Morgan fingerprint density at radius 2 is 2.05 bits per heavy atom. The van der Waals surface area contributed by atoms with Crippen LogP contribution in [0.2, 0.25) is 0 Å². The highest BCUT2D eigenvalue weighted by Gasteiger charge is 2.21. The van der Waals surface area contributed by atoms with E-state index in [9.17, 15) is 9.18 Å². The van der Waals surface area contributed by atoms with Gasteiger partial charge in [0.15, 0.2) is 0 Å². The first-order valence-corrected chi connectivity index (χ1v) is 6.28. The summed E-state index contributed by atoms with van der Waals surface area (Å²) < 4.78 is 13.4. The molecule has 6 heteroatoms. The van der Waals surface area contributed by atoms with Crippen LogP contribution in [0.3, 0.4) is 0 Å². The zero-order valence-corrected chi connectivity index (χ0v) is 11.9. The van der Waals surface area contributed by atoms with E-state index in [1.54, 1.807) is 13.0 Å². The largest absolute Gasteiger partial charge is 0.319 e. The molecule has 1 aromatic heterocycles. The second-order valence-electron chi connectivity index (χ2n) is 5.62. The van der Waals surface area contributed by atoms with E-state index in [1.165, 1.54) is 12.1 Å². The molecule has 0 atom stereocenters. The van der Waals surface area contributed by atoms with Crippen molar-refractivity contribution >= 4 is 11.6 Å². The Kier molecular flexibility index (Phi) is 3.57. The van der Waals surface area contributed by atoms with E-state index in [2.05, 4.69) is 20.5 Å². The number of carbonyl (C=O) groups excluding carboxylic acids is 1. The van der Waals surface area contributed by atoms with Crippen LogP contribution in [0.1, 0.15) is 42.8 Å². The van der Waals surface area contributed by atoms with Crippen LogP contribution >= 0.6 is 0 Å². The second kappa shape index (κ2) is 5.03. The summed E-state index contributed by atoms with van der Waals surface area (Å²) >= 11 is 0. The molecule has 0 aliphatic heterocycles. The van der Waals surface area contributed by atoms with Crippen LogP contribution in [0, 0.1) is 12.7 Å². The average Bonchev–Trinajstić information content (AvgIpc) is 2.84. The van der Waals surface area contributed by atoms with E-state index >= 15 is 0 Å². The lowest BCUT2D eigenvalue weighted by Gasteiger charge is -2.12. The molecular weight excluding hydrogens is 259 g/mol. The summed E-state index contributed by atoms with van der Waals surface area (Å²) in [4.78, 5) is 16.2. The molecule has 0 fully saturated rings. The van der Waals surface area contributed by atoms with Gasteiger partial charge in [-0.3, -0.25) is 9.89 Å². The average molecular weight is 276 g/mol. The molecule has 0 unspecified atom stereocenters. The molecule has 1 heterocycles. The van der Waals surface area contributed by atoms with Crippen molar-refractivity contribution in [3.63, 3.8) is 0 Å². The molecule has 0 aliphatic carbocycles. The fourth-order valence-corrected chi connectivity index (χ4v) is 1.62. The number of rotatable bonds is 2. The monoisotopic (exact) mass is 276 g/mol. The third-order valence-electron chi connectivity index (χ3n) is 2.91. The van der Waals surface area contributed by atoms with Crippen molar-refractivity contribution in [3.8, 4) is 0 Å². The van der Waals surface area contributed by atoms with Crippen molar-refractivity contribution in [1.29, 1.82) is 0 Å². The maximum atomic E-state index is 13.4. The smallest absolute Gasteiger partial charge is 0.295 e. The number of aromatic nitrogens is 3. The molecular formula is C14H17FN4O. The molecule has 0 saturated heterocycles. The van der Waals surface area contributed by atoms with Crippen molar-refractivity contribution in [2.75, 3.05) is 5.32 Å². The van der Waals surface area contributed by atoms with Gasteiger partial charge in [0, 0.05) is 16.7 Å². The Hall–Kier alpha value is -2.24. The van der Waals surface area contributed by atoms with Crippen LogP contribution in [-0.2, 0) is 5.41 Å². The number of nitrogens with one attached hydrogen (secondary N) is 2. The van der Waals surface area contributed by atoms with Gasteiger partial charge in [0.25, 0.3) is 5.91 Å². The minimum Gasteiger partial charge on any atom is -0.319 e. The van der Waals surface area contributed by atoms with Crippen molar-refractivity contribution in [2.45, 2.75) is 33.1 Å². The Morgan fingerprint density at radius 3 is 2.65 bits per heavy atom. The molecule has 1 amide bonds. The Morgan fingerprint density at radius 1 is 1.35 bits per heavy atom. The predicted molar refractivity (Wildman–Crippen MR) is 74.2 cm³/mol. The molecule has 0 saturated carbocycles. The summed E-state index contributed by atoms with van der Waals surface area (Å²) in [6.07, 6.45) is 0. The maximum absolute atomic E-state index is 13.4. The molecule has 1 aromatic carbocycles. The number of hydrogen-bond acceptors (Lipinski definition) is 3. The summed E-state index contributed by atoms with van der Waals surface area (Å²) in [7, 11) is 0. The lowest BCUT2D eigenvalue weighted by atomic mass is 9.96. The van der Waals surface area contributed by atoms with Gasteiger partial charge in [-0.15, -0.1) is 5.10 Å². The van der Waals surface area contributed by atoms with Crippen molar-refractivity contribution in [3.05, 3.63) is 41.2 Å². The van der Waals surface area contributed by atoms with E-state index in [4.69, 9.17) is 0 Å². The van der Waals surface area contributed by atoms with Gasteiger partial charge in [0.2, 0.25) is 5.82 Å². The molecule has 0 radical (unpaired) electrons. The van der Waals surface area contributed by atoms with Crippen LogP contribution in [0.25, 0.3) is 0 Å². The molecule has 0 spiro atoms. The number of amides is 1. The minimum atomic E-state index is -0.467. The zero-order valence-electron chi connectivity index (χ0n) is 11.9. The lowest BCUT2D eigenvalue weighted by Crippen LogP contribution is -2.16. The first-order valence-electron chi connectivity index (χ1n) is 6.28. The number of anilines is 1. The highest BCUT2D eigenvalue weighted by Crippen LogP contribution is 2.19. The molecule has 5 nitrogen and oxygen atoms in total. The topological polar surface area (TPSA) is 70.7 Å². The van der Waals surface area contributed by atoms with E-state index in [0.717, 1.165) is 0 Å². The molecule has 2 aromatic rings. The lowest BCUT2D eigenvalue weighted by molar-refractivity contribution is 0.101. The Labute approximate surface area is 116 Å². The number of H-pyrrole nitrogens is 1. The molecule has 0 bridgehead atoms. The summed E-state index contributed by atoms with van der Waals surface area (Å²) in [5.74, 6) is -0.171. The number of benzene rings is 1. The van der Waals surface area contributed by atoms with Crippen molar-refractivity contribution < 1.29 is 9.18 Å². The van der Waals surface area contributed by atoms with Gasteiger partial charge in [-0.05, 0) is 19.1 Å². The quantitative estimate of drug-likeness (QED) is 0.886. The van der Waals surface area contributed by atoms with Gasteiger partial charge in [-0.2, -0.15) is 0 Å². The maximum Gasteiger partial charge on any atom is 0.295 e. The predicted octanol–water partition coefficient (Wildman–Crippen LogP) is 2.80. The number of halogens is 1. The van der Waals surface area contributed by atoms with Gasteiger partial charge >= 0.3 is 0 Å². The van der Waals surface area contributed by atoms with Crippen molar-refractivity contribution in [1.82, 2.24) is 15.2 Å². The van der Waals surface area contributed by atoms with Gasteiger partial charge in [-0.1, -0.05) is 26.8 Å². The SMILES string of the molecule is Cc1c(F)cccc1NC(=O)c1n[nH]c(C(C)(C)C)n1. The molecule has 2 N–H and O–H groups in total. The molecule has 106 valence electrons. The highest BCUT2D eigenvalue weighted by atomic mass is 19.1. The molecule has 20 heavy (non-hydrogen) atoms. The van der Waals surface area contributed by atoms with Gasteiger partial charge in [-0.25, -0.2) is 9.37 Å². The van der Waals surface area contributed by atoms with Gasteiger partial charge in [0.1, 0.15) is 11.6 Å². The highest BCUT2D eigenvalue weighted by molar-refractivity contribution is 6.01. The summed E-state index contributed by atoms with van der Waals surface area (Å²) in [5.41, 5.74) is 0.574. The normalized spacial score (nSPS) is 11.4. The fourth-order valence-electron chi connectivity index (χ4n) is 1.62. The van der Waals surface area contributed by atoms with Crippen LogP contribution < -0.4 is 5.32 Å². The Bertz CT molecular complexity index is 643. The van der Waals surface area contributed by atoms with Gasteiger partial charge < -0.3 is 5.32 Å². The fraction of sp³-hybridized carbons (Fsp3) is 0.357. The van der Waals surface area contributed by atoms with E-state index in [1.807, 2.05) is 20.8 Å². The van der Waals surface area contributed by atoms with Crippen LogP contribution in [-0.4, -0.2) is 21.1 Å². The summed E-state index contributed by atoms with van der Waals surface area (Å²) in [6, 6.07) is 4.51. The van der Waals surface area contributed by atoms with Crippen LogP contribution in [0.4, 0.5) is 10.1 Å². The standard InChI is InChI=1S/C14H17FN4O/c1-8-9(15)6-5-7-10(8)16-12(20)11-17-13(19-18-11)14(2,3)4/h5-7H,1-4H3,(H,16,20)(H,17,18,19). The van der Waals surface area contributed by atoms with E-state index < -0.39 is 5.91 Å². The zero-order chi connectivity index (χ0) is 14.9. The van der Waals surface area contributed by atoms with E-state index in [0.29, 0.717) is 17.1 Å². The number of nitrogens with zero attached hydrogens (tertiary/aromatic N) is 2. The first-order chi connectivity index (χ1) is 9.29. The van der Waals surface area contributed by atoms with Crippen LogP contribution in [0.5, 0.6) is 0 Å². The van der Waals surface area contributed by atoms with Gasteiger partial charge in [0.05, 0.1) is 0 Å². The first kappa shape index (κ1) is 14.2. The van der Waals surface area contributed by atoms with Crippen molar-refractivity contribution in [2.24, 2.45) is 0 Å². The number of aromatic amines is 1. The number of hydrogen-bond donors (Lipinski definition) is 2. The Balaban J connectivity index is 2.20. The number of carbonyl (C=O) groups is 1. The molecule has 0 aliphatic rings. The summed E-state index contributed by atoms with van der Waals surface area (Å²) in [6.45, 7) is 7.49. The van der Waals surface area contributed by atoms with Crippen LogP contribution in [0.15, 0.2) is 18.2 Å². The summed E-state index contributed by atoms with van der Waals surface area (Å²) in [5, 5.41) is 9.24. The minimum absolute atomic E-state index is 0.0404. The third-order valence-corrected chi connectivity index (χ3v) is 2.91. The second-order valence-corrected chi connectivity index (χ2v) is 5.62. The molecule has 2 rings (SSSR count). The van der Waals surface area contributed by atoms with E-state index in [-0.39, 0.29) is 17.1 Å². The third kappa shape index (κ3) is 2.84.